The quantitative estimate of drug-likeness (QED) is 0.828. The van der Waals surface area contributed by atoms with E-state index in [-0.39, 0.29) is 5.60 Å². The van der Waals surface area contributed by atoms with Crippen molar-refractivity contribution >= 4 is 0 Å². The number of alkyl halides is 1. The summed E-state index contributed by atoms with van der Waals surface area (Å²) in [6.07, 6.45) is 5.79. The van der Waals surface area contributed by atoms with E-state index in [0.29, 0.717) is 25.0 Å². The smallest absolute Gasteiger partial charge is 0.114 e. The van der Waals surface area contributed by atoms with E-state index in [1.165, 1.54) is 18.4 Å². The molecule has 1 saturated carbocycles. The van der Waals surface area contributed by atoms with Crippen LogP contribution in [0.15, 0.2) is 30.3 Å². The van der Waals surface area contributed by atoms with Gasteiger partial charge in [0, 0.05) is 38.3 Å². The molecule has 3 fully saturated rings. The van der Waals surface area contributed by atoms with Crippen LogP contribution in [0.5, 0.6) is 0 Å². The number of halogens is 1. The Morgan fingerprint density at radius 1 is 1.24 bits per heavy atom. The normalized spacial score (nSPS) is 36.5. The minimum absolute atomic E-state index is 0.0726. The monoisotopic (exact) mass is 346 g/mol. The molecular formula is C21H31FN2O. The molecule has 4 atom stereocenters. The van der Waals surface area contributed by atoms with Gasteiger partial charge in [-0.2, -0.15) is 0 Å². The second-order valence-corrected chi connectivity index (χ2v) is 8.29. The molecule has 1 aromatic rings. The van der Waals surface area contributed by atoms with Crippen LogP contribution in [0.4, 0.5) is 4.39 Å². The minimum Gasteiger partial charge on any atom is -0.375 e. The molecule has 0 N–H and O–H groups in total. The molecule has 2 heterocycles. The molecule has 1 aromatic carbocycles. The van der Waals surface area contributed by atoms with E-state index in [1.807, 2.05) is 0 Å². The molecule has 3 nitrogen and oxygen atoms in total. The largest absolute Gasteiger partial charge is 0.375 e. The molecule has 4 rings (SSSR count). The lowest BCUT2D eigenvalue weighted by Gasteiger charge is -2.48. The van der Waals surface area contributed by atoms with Crippen LogP contribution in [0.1, 0.15) is 44.1 Å². The lowest BCUT2D eigenvalue weighted by atomic mass is 9.76. The molecule has 25 heavy (non-hydrogen) atoms. The van der Waals surface area contributed by atoms with E-state index in [2.05, 4.69) is 47.2 Å². The number of ether oxygens (including phenoxy) is 1. The third kappa shape index (κ3) is 3.76. The first-order chi connectivity index (χ1) is 12.2. The molecule has 0 amide bonds. The Balaban J connectivity index is 1.50. The van der Waals surface area contributed by atoms with Crippen molar-refractivity contribution in [3.63, 3.8) is 0 Å². The fourth-order valence-electron chi connectivity index (χ4n) is 5.26. The van der Waals surface area contributed by atoms with Gasteiger partial charge in [0.1, 0.15) is 6.17 Å². The first-order valence-electron chi connectivity index (χ1n) is 9.91. The zero-order valence-corrected chi connectivity index (χ0v) is 15.4. The third-order valence-corrected chi connectivity index (χ3v) is 6.58. The van der Waals surface area contributed by atoms with Gasteiger partial charge in [-0.3, -0.25) is 9.80 Å². The van der Waals surface area contributed by atoms with Crippen molar-refractivity contribution in [2.24, 2.45) is 0 Å². The van der Waals surface area contributed by atoms with E-state index in [1.54, 1.807) is 0 Å². The second-order valence-electron chi connectivity index (χ2n) is 8.29. The SMILES string of the molecule is CN(Cc1ccccc1)C1CCC2(CCCO2)CC1N1CC[C@H](F)C1. The van der Waals surface area contributed by atoms with Crippen molar-refractivity contribution < 1.29 is 9.13 Å². The van der Waals surface area contributed by atoms with Gasteiger partial charge in [-0.1, -0.05) is 30.3 Å². The van der Waals surface area contributed by atoms with Crippen molar-refractivity contribution in [1.29, 1.82) is 0 Å². The standard InChI is InChI=1S/C21H31FN2O/c1-23(15-17-6-3-2-4-7-17)19-8-11-21(10-5-13-25-21)14-20(19)24-12-9-18(22)16-24/h2-4,6-7,18-20H,5,8-16H2,1H3/t18-,19?,20?,21?/m0/s1. The Morgan fingerprint density at radius 3 is 2.76 bits per heavy atom. The van der Waals surface area contributed by atoms with Crippen LogP contribution in [0.2, 0.25) is 0 Å². The lowest BCUT2D eigenvalue weighted by molar-refractivity contribution is -0.0738. The van der Waals surface area contributed by atoms with Crippen LogP contribution in [0, 0.1) is 0 Å². The number of nitrogens with zero attached hydrogens (tertiary/aromatic N) is 2. The molecule has 0 radical (unpaired) electrons. The highest BCUT2D eigenvalue weighted by Crippen LogP contribution is 2.43. The maximum atomic E-state index is 13.9. The van der Waals surface area contributed by atoms with Crippen LogP contribution in [-0.2, 0) is 11.3 Å². The van der Waals surface area contributed by atoms with Crippen LogP contribution >= 0.6 is 0 Å². The number of hydrogen-bond donors (Lipinski definition) is 0. The maximum Gasteiger partial charge on any atom is 0.114 e. The molecule has 4 heteroatoms. The highest BCUT2D eigenvalue weighted by molar-refractivity contribution is 5.15. The number of rotatable bonds is 4. The van der Waals surface area contributed by atoms with Crippen LogP contribution in [0.3, 0.4) is 0 Å². The third-order valence-electron chi connectivity index (χ3n) is 6.58. The Hall–Kier alpha value is -0.970. The van der Waals surface area contributed by atoms with Gasteiger partial charge >= 0.3 is 0 Å². The molecule has 3 unspecified atom stereocenters. The van der Waals surface area contributed by atoms with Crippen molar-refractivity contribution in [3.05, 3.63) is 35.9 Å². The summed E-state index contributed by atoms with van der Waals surface area (Å²) in [6.45, 7) is 3.37. The molecule has 2 saturated heterocycles. The Bertz CT molecular complexity index is 560. The topological polar surface area (TPSA) is 15.7 Å². The number of likely N-dealkylation sites (tertiary alicyclic amines) is 1. The predicted octanol–water partition coefficient (Wildman–Crippen LogP) is 3.63. The van der Waals surface area contributed by atoms with Gasteiger partial charge in [0.15, 0.2) is 0 Å². The summed E-state index contributed by atoms with van der Waals surface area (Å²) in [4.78, 5) is 4.91. The average Bonchev–Trinajstić information content (AvgIpc) is 3.25. The van der Waals surface area contributed by atoms with E-state index < -0.39 is 6.17 Å². The fraction of sp³-hybridized carbons (Fsp3) is 0.714. The van der Waals surface area contributed by atoms with Gasteiger partial charge in [0.2, 0.25) is 0 Å². The predicted molar refractivity (Wildman–Crippen MR) is 98.3 cm³/mol. The van der Waals surface area contributed by atoms with Gasteiger partial charge in [0.05, 0.1) is 5.60 Å². The molecule has 1 aliphatic carbocycles. The van der Waals surface area contributed by atoms with Crippen molar-refractivity contribution in [3.8, 4) is 0 Å². The van der Waals surface area contributed by atoms with Gasteiger partial charge in [-0.05, 0) is 51.1 Å². The van der Waals surface area contributed by atoms with Gasteiger partial charge in [0.25, 0.3) is 0 Å². The number of benzene rings is 1. The van der Waals surface area contributed by atoms with Crippen molar-refractivity contribution in [1.82, 2.24) is 9.80 Å². The zero-order valence-electron chi connectivity index (χ0n) is 15.4. The molecular weight excluding hydrogens is 315 g/mol. The molecule has 3 aliphatic rings. The first kappa shape index (κ1) is 17.4. The highest BCUT2D eigenvalue weighted by Gasteiger charge is 2.47. The number of hydrogen-bond acceptors (Lipinski definition) is 3. The van der Waals surface area contributed by atoms with E-state index in [9.17, 15) is 4.39 Å². The van der Waals surface area contributed by atoms with Crippen LogP contribution < -0.4 is 0 Å². The number of likely N-dealkylation sites (N-methyl/N-ethyl adjacent to an activating group) is 1. The molecule has 0 bridgehead atoms. The molecule has 1 spiro atoms. The Labute approximate surface area is 151 Å². The van der Waals surface area contributed by atoms with Crippen molar-refractivity contribution in [2.45, 2.75) is 68.9 Å². The van der Waals surface area contributed by atoms with Crippen LogP contribution in [0.25, 0.3) is 0 Å². The second kappa shape index (κ2) is 7.34. The van der Waals surface area contributed by atoms with E-state index in [0.717, 1.165) is 39.0 Å². The summed E-state index contributed by atoms with van der Waals surface area (Å²) in [5.74, 6) is 0. The van der Waals surface area contributed by atoms with Gasteiger partial charge < -0.3 is 4.74 Å². The van der Waals surface area contributed by atoms with Crippen LogP contribution in [-0.4, -0.2) is 60.4 Å². The highest BCUT2D eigenvalue weighted by atomic mass is 19.1. The van der Waals surface area contributed by atoms with Gasteiger partial charge in [-0.15, -0.1) is 0 Å². The van der Waals surface area contributed by atoms with E-state index >= 15 is 0 Å². The Morgan fingerprint density at radius 2 is 2.08 bits per heavy atom. The zero-order chi connectivity index (χ0) is 17.3. The van der Waals surface area contributed by atoms with Crippen molar-refractivity contribution in [2.75, 3.05) is 26.7 Å². The summed E-state index contributed by atoms with van der Waals surface area (Å²) < 4.78 is 20.1. The molecule has 0 aromatic heterocycles. The van der Waals surface area contributed by atoms with Gasteiger partial charge in [-0.25, -0.2) is 4.39 Å². The summed E-state index contributed by atoms with van der Waals surface area (Å²) in [6, 6.07) is 11.6. The Kier molecular flexibility index (Phi) is 5.12. The average molecular weight is 346 g/mol. The molecule has 138 valence electrons. The molecule has 2 aliphatic heterocycles. The summed E-state index contributed by atoms with van der Waals surface area (Å²) in [5, 5.41) is 0. The maximum absolute atomic E-state index is 13.9. The summed E-state index contributed by atoms with van der Waals surface area (Å²) in [7, 11) is 2.24. The fourth-order valence-corrected chi connectivity index (χ4v) is 5.26. The summed E-state index contributed by atoms with van der Waals surface area (Å²) >= 11 is 0. The van der Waals surface area contributed by atoms with E-state index in [4.69, 9.17) is 4.74 Å². The minimum atomic E-state index is -0.651. The summed E-state index contributed by atoms with van der Waals surface area (Å²) in [5.41, 5.74) is 1.43. The lowest BCUT2D eigenvalue weighted by Crippen LogP contribution is -2.57. The first-order valence-corrected chi connectivity index (χ1v) is 9.91.